The monoisotopic (exact) mass is 464 g/mol. The van der Waals surface area contributed by atoms with Gasteiger partial charge in [-0.3, -0.25) is 14.1 Å². The molecule has 2 aromatic rings. The summed E-state index contributed by atoms with van der Waals surface area (Å²) in [5.74, 6) is 0.0245. The molecule has 0 spiro atoms. The van der Waals surface area contributed by atoms with Gasteiger partial charge in [0, 0.05) is 23.2 Å². The van der Waals surface area contributed by atoms with Gasteiger partial charge in [-0.2, -0.15) is 13.5 Å². The van der Waals surface area contributed by atoms with Crippen LogP contribution in [0.2, 0.25) is 0 Å². The van der Waals surface area contributed by atoms with Crippen molar-refractivity contribution in [2.75, 3.05) is 25.2 Å². The van der Waals surface area contributed by atoms with E-state index >= 15 is 0 Å². The van der Waals surface area contributed by atoms with Gasteiger partial charge in [-0.1, -0.05) is 18.6 Å². The smallest absolute Gasteiger partial charge is 0.267 e. The number of amides is 1. The van der Waals surface area contributed by atoms with Crippen molar-refractivity contribution in [2.45, 2.75) is 51.4 Å². The van der Waals surface area contributed by atoms with Crippen molar-refractivity contribution in [1.29, 1.82) is 0 Å². The topological polar surface area (TPSA) is 141 Å². The van der Waals surface area contributed by atoms with E-state index in [1.54, 1.807) is 0 Å². The van der Waals surface area contributed by atoms with E-state index in [1.165, 1.54) is 0 Å². The minimum Gasteiger partial charge on any atom is -0.326 e. The molecule has 0 saturated heterocycles. The van der Waals surface area contributed by atoms with E-state index in [0.717, 1.165) is 79.6 Å². The van der Waals surface area contributed by atoms with Gasteiger partial charge in [0.1, 0.15) is 0 Å². The number of anilines is 1. The van der Waals surface area contributed by atoms with Crippen molar-refractivity contribution >= 4 is 21.7 Å². The number of H-pyrrole nitrogens is 1. The standard InChI is InChI=1S/C21H28N4O2.CH4O3S/c1-22-13-6-5-12-19(26)23-16-9-7-8-15(14-16)20-17-10-3-2-4-11-18(17)21(27)25-24-20;1-5(2,3)4/h7-9,14,22H,2-6,10-13H2,1H3,(H,23,26)(H,25,27);1H3,(H,2,3,4). The fraction of sp³-hybridized carbons (Fsp3) is 0.500. The predicted molar refractivity (Wildman–Crippen MR) is 125 cm³/mol. The third-order valence-electron chi connectivity index (χ3n) is 5.05. The number of benzene rings is 1. The Morgan fingerprint density at radius 2 is 1.84 bits per heavy atom. The van der Waals surface area contributed by atoms with Gasteiger partial charge in [-0.25, -0.2) is 5.10 Å². The van der Waals surface area contributed by atoms with Crippen LogP contribution in [0.3, 0.4) is 0 Å². The predicted octanol–water partition coefficient (Wildman–Crippen LogP) is 2.54. The van der Waals surface area contributed by atoms with Gasteiger partial charge in [-0.15, -0.1) is 0 Å². The van der Waals surface area contributed by atoms with E-state index in [4.69, 9.17) is 4.55 Å². The van der Waals surface area contributed by atoms with E-state index in [9.17, 15) is 18.0 Å². The van der Waals surface area contributed by atoms with E-state index in [1.807, 2.05) is 31.3 Å². The number of rotatable bonds is 7. The molecule has 10 heteroatoms. The van der Waals surface area contributed by atoms with E-state index in [2.05, 4.69) is 20.8 Å². The largest absolute Gasteiger partial charge is 0.326 e. The van der Waals surface area contributed by atoms with Crippen molar-refractivity contribution in [3.8, 4) is 11.3 Å². The summed E-state index contributed by atoms with van der Waals surface area (Å²) >= 11 is 0. The number of fused-ring (bicyclic) bond motifs is 1. The lowest BCUT2D eigenvalue weighted by Crippen LogP contribution is -2.18. The second kappa shape index (κ2) is 12.5. The Morgan fingerprint density at radius 3 is 2.53 bits per heavy atom. The third-order valence-corrected chi connectivity index (χ3v) is 5.05. The lowest BCUT2D eigenvalue weighted by Gasteiger charge is -2.12. The van der Waals surface area contributed by atoms with Gasteiger partial charge in [-0.05, 0) is 69.8 Å². The molecule has 0 radical (unpaired) electrons. The number of carbonyl (C=O) groups excluding carboxylic acids is 1. The van der Waals surface area contributed by atoms with Crippen molar-refractivity contribution in [3.05, 3.63) is 45.7 Å². The maximum Gasteiger partial charge on any atom is 0.267 e. The first-order chi connectivity index (χ1) is 15.2. The van der Waals surface area contributed by atoms with E-state index in [0.29, 0.717) is 12.7 Å². The zero-order valence-electron chi connectivity index (χ0n) is 18.6. The Labute approximate surface area is 188 Å². The molecular weight excluding hydrogens is 432 g/mol. The van der Waals surface area contributed by atoms with Crippen LogP contribution in [-0.4, -0.2) is 48.9 Å². The molecule has 0 aliphatic heterocycles. The molecule has 32 heavy (non-hydrogen) atoms. The van der Waals surface area contributed by atoms with Crippen LogP contribution in [0.25, 0.3) is 11.3 Å². The number of aromatic amines is 1. The average molecular weight is 465 g/mol. The van der Waals surface area contributed by atoms with Crippen LogP contribution >= 0.6 is 0 Å². The second-order valence-electron chi connectivity index (χ2n) is 7.84. The maximum atomic E-state index is 12.2. The highest BCUT2D eigenvalue weighted by molar-refractivity contribution is 7.85. The third kappa shape index (κ3) is 8.89. The normalized spacial score (nSPS) is 13.3. The fourth-order valence-corrected chi connectivity index (χ4v) is 3.63. The molecule has 1 aromatic carbocycles. The van der Waals surface area contributed by atoms with Gasteiger partial charge < -0.3 is 10.6 Å². The molecule has 4 N–H and O–H groups in total. The van der Waals surface area contributed by atoms with Crippen LogP contribution in [0.4, 0.5) is 5.69 Å². The molecule has 3 rings (SSSR count). The molecule has 1 amide bonds. The van der Waals surface area contributed by atoms with E-state index < -0.39 is 10.1 Å². The molecule has 1 aliphatic carbocycles. The molecule has 1 aromatic heterocycles. The summed E-state index contributed by atoms with van der Waals surface area (Å²) in [6, 6.07) is 7.73. The zero-order valence-corrected chi connectivity index (χ0v) is 19.4. The summed E-state index contributed by atoms with van der Waals surface area (Å²) in [7, 11) is -1.75. The molecule has 0 atom stereocenters. The summed E-state index contributed by atoms with van der Waals surface area (Å²) in [5.41, 5.74) is 4.39. The highest BCUT2D eigenvalue weighted by Gasteiger charge is 2.18. The number of nitrogens with one attached hydrogen (secondary N) is 3. The number of aromatic nitrogens is 2. The minimum absolute atomic E-state index is 0.0245. The van der Waals surface area contributed by atoms with Gasteiger partial charge in [0.15, 0.2) is 0 Å². The summed E-state index contributed by atoms with van der Waals surface area (Å²) in [6.45, 7) is 0.922. The molecule has 9 nitrogen and oxygen atoms in total. The Kier molecular flexibility index (Phi) is 10.0. The van der Waals surface area contributed by atoms with Crippen molar-refractivity contribution in [3.63, 3.8) is 0 Å². The van der Waals surface area contributed by atoms with E-state index in [-0.39, 0.29) is 11.5 Å². The summed E-state index contributed by atoms with van der Waals surface area (Å²) in [5, 5.41) is 13.1. The lowest BCUT2D eigenvalue weighted by atomic mass is 9.98. The first-order valence-corrected chi connectivity index (χ1v) is 12.6. The number of hydrogen-bond acceptors (Lipinski definition) is 6. The molecule has 0 fully saturated rings. The molecule has 1 aliphatic rings. The summed E-state index contributed by atoms with van der Waals surface area (Å²) < 4.78 is 25.9. The highest BCUT2D eigenvalue weighted by Crippen LogP contribution is 2.28. The Hall–Kier alpha value is -2.56. The molecule has 0 saturated carbocycles. The van der Waals surface area contributed by atoms with Crippen LogP contribution in [0.5, 0.6) is 0 Å². The molecule has 1 heterocycles. The van der Waals surface area contributed by atoms with Gasteiger partial charge >= 0.3 is 0 Å². The molecule has 0 unspecified atom stereocenters. The highest BCUT2D eigenvalue weighted by atomic mass is 32.2. The second-order valence-corrected chi connectivity index (χ2v) is 9.31. The Morgan fingerprint density at radius 1 is 1.16 bits per heavy atom. The number of hydrogen-bond donors (Lipinski definition) is 4. The van der Waals surface area contributed by atoms with Crippen molar-refractivity contribution in [2.24, 2.45) is 0 Å². The van der Waals surface area contributed by atoms with Crippen molar-refractivity contribution < 1.29 is 17.8 Å². The number of carbonyl (C=O) groups is 1. The molecule has 0 bridgehead atoms. The minimum atomic E-state index is -3.67. The number of unbranched alkanes of at least 4 members (excludes halogenated alkanes) is 1. The Bertz CT molecular complexity index is 1060. The van der Waals surface area contributed by atoms with Crippen LogP contribution in [0.1, 0.15) is 49.7 Å². The molecule has 176 valence electrons. The first-order valence-electron chi connectivity index (χ1n) is 10.8. The fourth-order valence-electron chi connectivity index (χ4n) is 3.63. The lowest BCUT2D eigenvalue weighted by molar-refractivity contribution is -0.116. The van der Waals surface area contributed by atoms with Gasteiger partial charge in [0.2, 0.25) is 5.91 Å². The van der Waals surface area contributed by atoms with Crippen LogP contribution in [-0.2, 0) is 27.8 Å². The number of nitrogens with zero attached hydrogens (tertiary/aromatic N) is 1. The maximum absolute atomic E-state index is 12.2. The average Bonchev–Trinajstić information content (AvgIpc) is 2.97. The van der Waals surface area contributed by atoms with Crippen molar-refractivity contribution in [1.82, 2.24) is 15.5 Å². The summed E-state index contributed by atoms with van der Waals surface area (Å²) in [4.78, 5) is 24.3. The van der Waals surface area contributed by atoms with Crippen LogP contribution < -0.4 is 16.2 Å². The van der Waals surface area contributed by atoms with Crippen LogP contribution in [0.15, 0.2) is 29.1 Å². The quantitative estimate of drug-likeness (QED) is 0.280. The van der Waals surface area contributed by atoms with Crippen LogP contribution in [0, 0.1) is 0 Å². The summed E-state index contributed by atoms with van der Waals surface area (Å²) in [6.07, 6.45) is 8.02. The first kappa shape index (κ1) is 25.7. The zero-order chi connectivity index (χ0) is 23.6. The van der Waals surface area contributed by atoms with Gasteiger partial charge in [0.05, 0.1) is 11.9 Å². The van der Waals surface area contributed by atoms with Gasteiger partial charge in [0.25, 0.3) is 15.7 Å². The SMILES string of the molecule is CNCCCCC(=O)Nc1cccc(-c2n[nH]c(=O)c3c2CCCCC3)c1.CS(=O)(=O)O. The molecular formula is C22H32N4O5S. The Balaban J connectivity index is 0.000000654.